The van der Waals surface area contributed by atoms with E-state index in [1.165, 1.54) is 0 Å². The summed E-state index contributed by atoms with van der Waals surface area (Å²) < 4.78 is 19.5. The Kier molecular flexibility index (Phi) is 6.22. The van der Waals surface area contributed by atoms with E-state index in [-0.39, 0.29) is 0 Å². The summed E-state index contributed by atoms with van der Waals surface area (Å²) >= 11 is 0. The Balaban J connectivity index is 1.23. The second-order valence-electron chi connectivity index (χ2n) is 13.2. The standard InChI is InChI=1S/C48H29NO3/c1-3-12-30(13-4-1)34-18-11-21-45-46(34)39-29-33(23-27-44(39)51-45)49(32-22-26-43-38(28-32)36-16-7-9-19-41(36)50-43)40-25-24-35(31-14-5-2-6-15-31)48-47(40)37-17-8-10-20-42(37)52-48/h1-29H. The Hall–Kier alpha value is -7.04. The second kappa shape index (κ2) is 11.2. The fraction of sp³-hybridized carbons (Fsp3) is 0. The van der Waals surface area contributed by atoms with Gasteiger partial charge in [-0.3, -0.25) is 0 Å². The lowest BCUT2D eigenvalue weighted by Gasteiger charge is -2.27. The third kappa shape index (κ3) is 4.34. The van der Waals surface area contributed by atoms with Gasteiger partial charge in [0.25, 0.3) is 0 Å². The zero-order chi connectivity index (χ0) is 34.2. The van der Waals surface area contributed by atoms with E-state index in [9.17, 15) is 0 Å². The number of anilines is 3. The molecule has 0 fully saturated rings. The van der Waals surface area contributed by atoms with Crippen LogP contribution in [-0.2, 0) is 0 Å². The summed E-state index contributed by atoms with van der Waals surface area (Å²) in [5, 5.41) is 6.42. The highest BCUT2D eigenvalue weighted by Crippen LogP contribution is 2.48. The van der Waals surface area contributed by atoms with E-state index in [0.717, 1.165) is 105 Å². The molecule has 0 unspecified atom stereocenters. The van der Waals surface area contributed by atoms with Gasteiger partial charge in [-0.1, -0.05) is 109 Å². The second-order valence-corrected chi connectivity index (χ2v) is 13.2. The maximum atomic E-state index is 6.74. The van der Waals surface area contributed by atoms with Crippen LogP contribution >= 0.6 is 0 Å². The molecule has 244 valence electrons. The van der Waals surface area contributed by atoms with Crippen molar-refractivity contribution < 1.29 is 13.3 Å². The van der Waals surface area contributed by atoms with Gasteiger partial charge in [-0.2, -0.15) is 0 Å². The van der Waals surface area contributed by atoms with E-state index < -0.39 is 0 Å². The molecule has 11 aromatic rings. The lowest BCUT2D eigenvalue weighted by Crippen LogP contribution is -2.10. The molecule has 0 saturated heterocycles. The molecule has 0 saturated carbocycles. The van der Waals surface area contributed by atoms with Gasteiger partial charge < -0.3 is 18.2 Å². The van der Waals surface area contributed by atoms with Crippen LogP contribution in [0.5, 0.6) is 0 Å². The van der Waals surface area contributed by atoms with Crippen LogP contribution in [0.4, 0.5) is 17.1 Å². The number of hydrogen-bond donors (Lipinski definition) is 0. The summed E-state index contributed by atoms with van der Waals surface area (Å²) in [5.74, 6) is 0. The fourth-order valence-corrected chi connectivity index (χ4v) is 7.93. The summed E-state index contributed by atoms with van der Waals surface area (Å²) in [7, 11) is 0. The van der Waals surface area contributed by atoms with Crippen LogP contribution in [0.1, 0.15) is 0 Å². The SMILES string of the molecule is c1ccc(-c2ccc(N(c3ccc4oc5ccccc5c4c3)c3ccc4oc5cccc(-c6ccccc6)c5c4c3)c3c2oc2ccccc23)cc1. The Labute approximate surface area is 298 Å². The molecule has 0 N–H and O–H groups in total. The summed E-state index contributed by atoms with van der Waals surface area (Å²) in [6.07, 6.45) is 0. The molecule has 0 amide bonds. The lowest BCUT2D eigenvalue weighted by atomic mass is 9.98. The van der Waals surface area contributed by atoms with Crippen LogP contribution in [0.3, 0.4) is 0 Å². The molecule has 3 aromatic heterocycles. The number of furan rings is 3. The van der Waals surface area contributed by atoms with Crippen molar-refractivity contribution in [1.29, 1.82) is 0 Å². The summed E-state index contributed by atoms with van der Waals surface area (Å²) in [4.78, 5) is 2.35. The Morgan fingerprint density at radius 3 is 1.63 bits per heavy atom. The van der Waals surface area contributed by atoms with Gasteiger partial charge in [0.05, 0.1) is 11.1 Å². The molecule has 52 heavy (non-hydrogen) atoms. The molecule has 0 bridgehead atoms. The van der Waals surface area contributed by atoms with Crippen molar-refractivity contribution in [2.24, 2.45) is 0 Å². The van der Waals surface area contributed by atoms with Gasteiger partial charge in [0.2, 0.25) is 0 Å². The molecule has 11 rings (SSSR count). The van der Waals surface area contributed by atoms with E-state index in [2.05, 4.69) is 157 Å². The van der Waals surface area contributed by atoms with Crippen molar-refractivity contribution in [3.05, 3.63) is 176 Å². The molecule has 3 heterocycles. The van der Waals surface area contributed by atoms with E-state index in [1.807, 2.05) is 24.3 Å². The van der Waals surface area contributed by atoms with Crippen LogP contribution < -0.4 is 4.90 Å². The first-order chi connectivity index (χ1) is 25.8. The summed E-state index contributed by atoms with van der Waals surface area (Å²) in [6.45, 7) is 0. The van der Waals surface area contributed by atoms with Gasteiger partial charge in [-0.05, 0) is 83.4 Å². The number of nitrogens with zero attached hydrogens (tertiary/aromatic N) is 1. The van der Waals surface area contributed by atoms with Crippen molar-refractivity contribution in [2.45, 2.75) is 0 Å². The Morgan fingerprint density at radius 2 is 0.885 bits per heavy atom. The zero-order valence-corrected chi connectivity index (χ0v) is 27.9. The average Bonchev–Trinajstić information content (AvgIpc) is 3.90. The molecule has 0 spiro atoms. The smallest absolute Gasteiger partial charge is 0.145 e. The van der Waals surface area contributed by atoms with Gasteiger partial charge in [-0.25, -0.2) is 0 Å². The zero-order valence-electron chi connectivity index (χ0n) is 27.9. The number of benzene rings is 8. The van der Waals surface area contributed by atoms with Gasteiger partial charge in [0.15, 0.2) is 0 Å². The van der Waals surface area contributed by atoms with Gasteiger partial charge in [-0.15, -0.1) is 0 Å². The fourth-order valence-electron chi connectivity index (χ4n) is 7.93. The average molecular weight is 668 g/mol. The van der Waals surface area contributed by atoms with Gasteiger partial charge in [0.1, 0.15) is 33.5 Å². The van der Waals surface area contributed by atoms with E-state index in [0.29, 0.717) is 0 Å². The topological polar surface area (TPSA) is 42.7 Å². The first-order valence-electron chi connectivity index (χ1n) is 17.5. The van der Waals surface area contributed by atoms with Crippen molar-refractivity contribution in [1.82, 2.24) is 0 Å². The van der Waals surface area contributed by atoms with E-state index in [1.54, 1.807) is 0 Å². The molecule has 4 nitrogen and oxygen atoms in total. The molecule has 0 aliphatic rings. The van der Waals surface area contributed by atoms with Gasteiger partial charge >= 0.3 is 0 Å². The molecular formula is C48H29NO3. The third-order valence-corrected chi connectivity index (χ3v) is 10.3. The molecule has 4 heteroatoms. The van der Waals surface area contributed by atoms with Crippen LogP contribution in [0.2, 0.25) is 0 Å². The van der Waals surface area contributed by atoms with Crippen LogP contribution in [-0.4, -0.2) is 0 Å². The highest BCUT2D eigenvalue weighted by molar-refractivity contribution is 6.18. The molecule has 0 atom stereocenters. The monoisotopic (exact) mass is 667 g/mol. The third-order valence-electron chi connectivity index (χ3n) is 10.3. The first kappa shape index (κ1) is 28.8. The lowest BCUT2D eigenvalue weighted by molar-refractivity contribution is 0.668. The number of fused-ring (bicyclic) bond motifs is 9. The number of para-hydroxylation sites is 2. The number of rotatable bonds is 5. The van der Waals surface area contributed by atoms with Crippen molar-refractivity contribution >= 4 is 82.9 Å². The van der Waals surface area contributed by atoms with Crippen LogP contribution in [0, 0.1) is 0 Å². The highest BCUT2D eigenvalue weighted by Gasteiger charge is 2.24. The van der Waals surface area contributed by atoms with Crippen molar-refractivity contribution in [2.75, 3.05) is 4.90 Å². The quantitative estimate of drug-likeness (QED) is 0.183. The molecule has 0 radical (unpaired) electrons. The van der Waals surface area contributed by atoms with Crippen LogP contribution in [0.15, 0.2) is 189 Å². The molecule has 0 aliphatic heterocycles. The first-order valence-corrected chi connectivity index (χ1v) is 17.5. The maximum absolute atomic E-state index is 6.74. The Bertz CT molecular complexity index is 3130. The maximum Gasteiger partial charge on any atom is 0.145 e. The minimum absolute atomic E-state index is 0.844. The van der Waals surface area contributed by atoms with Crippen molar-refractivity contribution in [3.63, 3.8) is 0 Å². The summed E-state index contributed by atoms with van der Waals surface area (Å²) in [5.41, 5.74) is 12.6. The highest BCUT2D eigenvalue weighted by atomic mass is 16.3. The van der Waals surface area contributed by atoms with Gasteiger partial charge in [0, 0.05) is 43.9 Å². The Morgan fingerprint density at radius 1 is 0.327 bits per heavy atom. The normalized spacial score (nSPS) is 11.8. The minimum atomic E-state index is 0.844. The van der Waals surface area contributed by atoms with Crippen molar-refractivity contribution in [3.8, 4) is 22.3 Å². The number of hydrogen-bond acceptors (Lipinski definition) is 4. The largest absolute Gasteiger partial charge is 0.456 e. The molecule has 0 aliphatic carbocycles. The predicted octanol–water partition coefficient (Wildman–Crippen LogP) is 14.2. The van der Waals surface area contributed by atoms with E-state index >= 15 is 0 Å². The van der Waals surface area contributed by atoms with E-state index in [4.69, 9.17) is 13.3 Å². The molecule has 8 aromatic carbocycles. The minimum Gasteiger partial charge on any atom is -0.456 e. The predicted molar refractivity (Wildman–Crippen MR) is 214 cm³/mol. The van der Waals surface area contributed by atoms with Crippen LogP contribution in [0.25, 0.3) is 88.1 Å². The summed E-state index contributed by atoms with van der Waals surface area (Å²) in [6, 6.07) is 61.3. The molecular weight excluding hydrogens is 639 g/mol.